The molecule has 3 aliphatic rings. The third kappa shape index (κ3) is 3.77. The second-order valence-electron chi connectivity index (χ2n) is 9.90. The zero-order chi connectivity index (χ0) is 22.7. The molecule has 3 fully saturated rings. The number of furan rings is 1. The van der Waals surface area contributed by atoms with Crippen molar-refractivity contribution in [1.82, 2.24) is 9.97 Å². The van der Waals surface area contributed by atoms with E-state index in [9.17, 15) is 9.90 Å². The highest BCUT2D eigenvalue weighted by molar-refractivity contribution is 6.10. The summed E-state index contributed by atoms with van der Waals surface area (Å²) in [6, 6.07) is 3.56. The van der Waals surface area contributed by atoms with E-state index < -0.39 is 6.10 Å². The molecule has 2 saturated carbocycles. The van der Waals surface area contributed by atoms with Crippen LogP contribution >= 0.6 is 0 Å². The third-order valence-corrected chi connectivity index (χ3v) is 7.44. The average Bonchev–Trinajstić information content (AvgIpc) is 3.71. The summed E-state index contributed by atoms with van der Waals surface area (Å²) < 4.78 is 5.72. The van der Waals surface area contributed by atoms with Crippen molar-refractivity contribution in [3.05, 3.63) is 47.4 Å². The van der Waals surface area contributed by atoms with Crippen LogP contribution in [0.3, 0.4) is 0 Å². The number of carbonyl (C=O) groups excluding carboxylic acids is 1. The molecule has 8 nitrogen and oxygen atoms in total. The first kappa shape index (κ1) is 20.6. The van der Waals surface area contributed by atoms with Crippen LogP contribution in [0.25, 0.3) is 11.1 Å². The van der Waals surface area contributed by atoms with Gasteiger partial charge in [-0.1, -0.05) is 0 Å². The van der Waals surface area contributed by atoms with Gasteiger partial charge in [0.05, 0.1) is 6.10 Å². The Hall–Kier alpha value is -2.97. The minimum atomic E-state index is -0.482. The minimum Gasteiger partial charge on any atom is -0.438 e. The summed E-state index contributed by atoms with van der Waals surface area (Å²) >= 11 is 0. The first-order valence-electron chi connectivity index (χ1n) is 11.8. The zero-order valence-corrected chi connectivity index (χ0v) is 18.5. The maximum atomic E-state index is 13.4. The number of nitrogen functional groups attached to an aromatic ring is 1. The quantitative estimate of drug-likeness (QED) is 0.492. The maximum absolute atomic E-state index is 13.4. The first-order chi connectivity index (χ1) is 16.0. The van der Waals surface area contributed by atoms with Gasteiger partial charge in [-0.2, -0.15) is 0 Å². The second kappa shape index (κ2) is 7.81. The summed E-state index contributed by atoms with van der Waals surface area (Å²) in [7, 11) is 0. The van der Waals surface area contributed by atoms with Crippen molar-refractivity contribution >= 4 is 28.5 Å². The lowest BCUT2D eigenvalue weighted by Crippen LogP contribution is -2.57. The Kier molecular flexibility index (Phi) is 4.88. The largest absolute Gasteiger partial charge is 0.438 e. The molecule has 0 spiro atoms. The van der Waals surface area contributed by atoms with E-state index >= 15 is 0 Å². The van der Waals surface area contributed by atoms with Crippen molar-refractivity contribution in [2.24, 2.45) is 17.6 Å². The molecule has 1 saturated heterocycles. The van der Waals surface area contributed by atoms with E-state index in [4.69, 9.17) is 15.9 Å². The van der Waals surface area contributed by atoms with Gasteiger partial charge < -0.3 is 25.9 Å². The van der Waals surface area contributed by atoms with Gasteiger partial charge >= 0.3 is 0 Å². The molecule has 8 heteroatoms. The molecule has 1 aliphatic heterocycles. The van der Waals surface area contributed by atoms with Crippen LogP contribution in [0.5, 0.6) is 0 Å². The summed E-state index contributed by atoms with van der Waals surface area (Å²) in [6.07, 6.45) is 9.57. The molecule has 172 valence electrons. The number of hydrogen-bond donors (Lipinski definition) is 3. The molecule has 6 rings (SSSR count). The molecule has 4 heterocycles. The van der Waals surface area contributed by atoms with E-state index in [0.29, 0.717) is 35.0 Å². The summed E-state index contributed by atoms with van der Waals surface area (Å²) in [6.45, 7) is 1.27. The first-order valence-corrected chi connectivity index (χ1v) is 11.8. The molecule has 0 amide bonds. The third-order valence-electron chi connectivity index (χ3n) is 7.44. The Labute approximate surface area is 192 Å². The van der Waals surface area contributed by atoms with Crippen molar-refractivity contribution in [3.8, 4) is 0 Å². The number of carbonyl (C=O) groups is 1. The van der Waals surface area contributed by atoms with E-state index in [-0.39, 0.29) is 30.0 Å². The van der Waals surface area contributed by atoms with Crippen molar-refractivity contribution in [1.29, 1.82) is 0 Å². The normalized spacial score (nSPS) is 25.5. The van der Waals surface area contributed by atoms with Gasteiger partial charge in [-0.25, -0.2) is 0 Å². The Morgan fingerprint density at radius 3 is 2.79 bits per heavy atom. The van der Waals surface area contributed by atoms with E-state index in [0.717, 1.165) is 49.0 Å². The molecule has 0 radical (unpaired) electrons. The SMILES string of the molecule is Nc1oc2cc(C3CC3)cnc2c1C(=O)Cc1cnccc1N1C[C@@H](N)[C@H](O)[C@@H](C2CC2)C1. The number of aliphatic hydroxyl groups excluding tert-OH is 1. The van der Waals surface area contributed by atoms with Crippen LogP contribution in [0, 0.1) is 11.8 Å². The Bertz CT molecular complexity index is 1220. The van der Waals surface area contributed by atoms with Gasteiger partial charge in [-0.05, 0) is 55.2 Å². The van der Waals surface area contributed by atoms with Gasteiger partial charge in [-0.15, -0.1) is 0 Å². The molecule has 33 heavy (non-hydrogen) atoms. The van der Waals surface area contributed by atoms with Crippen LogP contribution in [0.15, 0.2) is 35.1 Å². The Morgan fingerprint density at radius 1 is 1.21 bits per heavy atom. The van der Waals surface area contributed by atoms with Gasteiger partial charge in [0.2, 0.25) is 5.88 Å². The lowest BCUT2D eigenvalue weighted by molar-refractivity contribution is 0.0593. The molecule has 0 bridgehead atoms. The number of fused-ring (bicyclic) bond motifs is 1. The van der Waals surface area contributed by atoms with E-state index in [1.165, 1.54) is 0 Å². The molecule has 2 aliphatic carbocycles. The number of ketones is 1. The van der Waals surface area contributed by atoms with Gasteiger partial charge in [0.1, 0.15) is 11.1 Å². The van der Waals surface area contributed by atoms with Crippen molar-refractivity contribution in [3.63, 3.8) is 0 Å². The zero-order valence-electron chi connectivity index (χ0n) is 18.5. The van der Waals surface area contributed by atoms with Gasteiger partial charge in [0.15, 0.2) is 11.4 Å². The molecular formula is C25H29N5O3. The summed E-state index contributed by atoms with van der Waals surface area (Å²) in [4.78, 5) is 24.4. The summed E-state index contributed by atoms with van der Waals surface area (Å²) in [5, 5.41) is 10.6. The van der Waals surface area contributed by atoms with Gasteiger partial charge in [0.25, 0.3) is 0 Å². The van der Waals surface area contributed by atoms with Crippen LogP contribution < -0.4 is 16.4 Å². The lowest BCUT2D eigenvalue weighted by atomic mass is 9.87. The van der Waals surface area contributed by atoms with E-state index in [1.807, 2.05) is 18.3 Å². The lowest BCUT2D eigenvalue weighted by Gasteiger charge is -2.42. The fourth-order valence-electron chi connectivity index (χ4n) is 5.31. The number of rotatable bonds is 6. The highest BCUT2D eigenvalue weighted by Gasteiger charge is 2.43. The van der Waals surface area contributed by atoms with Crippen LogP contribution in [0.2, 0.25) is 0 Å². The average molecular weight is 448 g/mol. The standard InChI is InChI=1S/C25H29N5O3/c26-18-12-30(11-17(24(18)32)14-3-4-14)19-5-6-28-9-16(19)7-20(31)22-23-21(33-25(22)27)8-15(10-29-23)13-1-2-13/h5-6,8-10,13-14,17-18,24,32H,1-4,7,11-12,26-27H2/t17-,18-,24-/m1/s1. The summed E-state index contributed by atoms with van der Waals surface area (Å²) in [5.74, 6) is 1.19. The van der Waals surface area contributed by atoms with Crippen molar-refractivity contribution < 1.29 is 14.3 Å². The second-order valence-corrected chi connectivity index (χ2v) is 9.90. The maximum Gasteiger partial charge on any atom is 0.204 e. The number of hydrogen-bond acceptors (Lipinski definition) is 8. The highest BCUT2D eigenvalue weighted by Crippen LogP contribution is 2.43. The summed E-state index contributed by atoms with van der Waals surface area (Å²) in [5.41, 5.74) is 16.7. The molecule has 0 aromatic carbocycles. The van der Waals surface area contributed by atoms with Crippen LogP contribution in [0.4, 0.5) is 11.6 Å². The minimum absolute atomic E-state index is 0.109. The number of nitrogens with two attached hydrogens (primary N) is 2. The number of Topliss-reactive ketones (excluding diaryl/α,β-unsaturated/α-hetero) is 1. The number of aromatic nitrogens is 2. The van der Waals surface area contributed by atoms with Crippen LogP contribution in [0.1, 0.15) is 53.1 Å². The van der Waals surface area contributed by atoms with Crippen LogP contribution in [-0.4, -0.2) is 46.1 Å². The van der Waals surface area contributed by atoms with E-state index in [1.54, 1.807) is 12.4 Å². The monoisotopic (exact) mass is 447 g/mol. The van der Waals surface area contributed by atoms with Gasteiger partial charge in [-0.3, -0.25) is 14.8 Å². The van der Waals surface area contributed by atoms with Gasteiger partial charge in [0, 0.05) is 61.3 Å². The Morgan fingerprint density at radius 2 is 2.03 bits per heavy atom. The molecule has 0 unspecified atom stereocenters. The van der Waals surface area contributed by atoms with E-state index in [2.05, 4.69) is 14.9 Å². The number of piperidine rings is 1. The molecule has 5 N–H and O–H groups in total. The molecule has 3 aromatic heterocycles. The number of nitrogens with zero attached hydrogens (tertiary/aromatic N) is 3. The van der Waals surface area contributed by atoms with Crippen LogP contribution in [-0.2, 0) is 6.42 Å². The fraction of sp³-hybridized carbons (Fsp3) is 0.480. The predicted octanol–water partition coefficient (Wildman–Crippen LogP) is 2.64. The van der Waals surface area contributed by atoms with Crippen molar-refractivity contribution in [2.45, 2.75) is 50.2 Å². The molecule has 3 atom stereocenters. The smallest absolute Gasteiger partial charge is 0.204 e. The highest BCUT2D eigenvalue weighted by atomic mass is 16.3. The molecular weight excluding hydrogens is 418 g/mol. The Balaban J connectivity index is 1.28. The molecule has 3 aromatic rings. The fourth-order valence-corrected chi connectivity index (χ4v) is 5.31. The van der Waals surface area contributed by atoms with Crippen molar-refractivity contribution in [2.75, 3.05) is 23.7 Å². The number of pyridine rings is 2. The topological polar surface area (TPSA) is 132 Å². The number of aliphatic hydroxyl groups is 1. The predicted molar refractivity (Wildman–Crippen MR) is 125 cm³/mol. The number of anilines is 2.